The van der Waals surface area contributed by atoms with Gasteiger partial charge in [-0.25, -0.2) is 8.42 Å². The van der Waals surface area contributed by atoms with Crippen molar-refractivity contribution in [3.8, 4) is 0 Å². The molecule has 0 heterocycles. The quantitative estimate of drug-likeness (QED) is 0.903. The molecule has 1 aromatic carbocycles. The van der Waals surface area contributed by atoms with Crippen LogP contribution in [0.1, 0.15) is 0 Å². The molecule has 0 saturated carbocycles. The molecule has 0 bridgehead atoms. The van der Waals surface area contributed by atoms with Crippen LogP contribution in [0.25, 0.3) is 0 Å². The van der Waals surface area contributed by atoms with Crippen LogP contribution in [0.15, 0.2) is 46.4 Å². The van der Waals surface area contributed by atoms with Gasteiger partial charge in [-0.05, 0) is 17.1 Å². The van der Waals surface area contributed by atoms with Crippen LogP contribution < -0.4 is 4.72 Å². The molecular weight excluding hydrogens is 254 g/mol. The number of nitrogens with one attached hydrogen (secondary N) is 1. The fourth-order valence-electron chi connectivity index (χ4n) is 0.783. The molecule has 5 heteroatoms. The van der Waals surface area contributed by atoms with Crippen LogP contribution in [0.2, 0.25) is 0 Å². The van der Waals surface area contributed by atoms with E-state index in [2.05, 4.69) is 20.7 Å². The van der Waals surface area contributed by atoms with Crippen molar-refractivity contribution in [1.82, 2.24) is 4.72 Å². The van der Waals surface area contributed by atoms with E-state index in [1.165, 1.54) is 23.3 Å². The molecular formula is C8H8BrNO2S. The predicted octanol–water partition coefficient (Wildman–Crippen LogP) is 1.83. The van der Waals surface area contributed by atoms with Crippen molar-refractivity contribution in [3.63, 3.8) is 0 Å². The fourth-order valence-corrected chi connectivity index (χ4v) is 1.99. The average Bonchev–Trinajstić information content (AvgIpc) is 2.16. The summed E-state index contributed by atoms with van der Waals surface area (Å²) in [6.07, 6.45) is 1.31. The molecule has 0 atom stereocenters. The van der Waals surface area contributed by atoms with E-state index < -0.39 is 10.0 Å². The van der Waals surface area contributed by atoms with Gasteiger partial charge in [0.2, 0.25) is 0 Å². The first-order valence-electron chi connectivity index (χ1n) is 3.49. The zero-order valence-electron chi connectivity index (χ0n) is 6.64. The van der Waals surface area contributed by atoms with Crippen LogP contribution in [0, 0.1) is 0 Å². The highest BCUT2D eigenvalue weighted by Crippen LogP contribution is 2.06. The summed E-state index contributed by atoms with van der Waals surface area (Å²) in [5.74, 6) is 0. The zero-order valence-corrected chi connectivity index (χ0v) is 9.05. The minimum atomic E-state index is -3.39. The Morgan fingerprint density at radius 3 is 2.38 bits per heavy atom. The van der Waals surface area contributed by atoms with E-state index in [0.717, 1.165) is 0 Å². The molecule has 0 fully saturated rings. The van der Waals surface area contributed by atoms with E-state index >= 15 is 0 Å². The molecule has 1 rings (SSSR count). The Morgan fingerprint density at radius 1 is 1.23 bits per heavy atom. The van der Waals surface area contributed by atoms with Gasteiger partial charge in [-0.1, -0.05) is 34.1 Å². The number of hydrogen-bond donors (Lipinski definition) is 1. The standard InChI is InChI=1S/C8H8BrNO2S/c9-6-7-10-13(11,12)8-4-2-1-3-5-8/h1-7,10H. The first-order valence-corrected chi connectivity index (χ1v) is 5.89. The van der Waals surface area contributed by atoms with Crippen LogP contribution in [-0.2, 0) is 10.0 Å². The highest BCUT2D eigenvalue weighted by Gasteiger charge is 2.09. The SMILES string of the molecule is O=S(=O)(NC=CBr)c1ccccc1. The Kier molecular flexibility index (Phi) is 3.50. The molecule has 13 heavy (non-hydrogen) atoms. The van der Waals surface area contributed by atoms with E-state index in [1.807, 2.05) is 0 Å². The Morgan fingerprint density at radius 2 is 1.85 bits per heavy atom. The van der Waals surface area contributed by atoms with E-state index in [0.29, 0.717) is 0 Å². The lowest BCUT2D eigenvalue weighted by Crippen LogP contribution is -2.17. The Labute approximate surface area is 85.6 Å². The van der Waals surface area contributed by atoms with Crippen molar-refractivity contribution >= 4 is 26.0 Å². The van der Waals surface area contributed by atoms with Gasteiger partial charge in [-0.2, -0.15) is 0 Å². The lowest BCUT2D eigenvalue weighted by atomic mass is 10.4. The van der Waals surface area contributed by atoms with Gasteiger partial charge in [0.1, 0.15) is 0 Å². The topological polar surface area (TPSA) is 46.2 Å². The van der Waals surface area contributed by atoms with Gasteiger partial charge in [0.25, 0.3) is 10.0 Å². The van der Waals surface area contributed by atoms with Crippen molar-refractivity contribution in [2.45, 2.75) is 4.90 Å². The largest absolute Gasteiger partial charge is 0.286 e. The number of rotatable bonds is 3. The molecule has 1 aromatic rings. The summed E-state index contributed by atoms with van der Waals surface area (Å²) in [5, 5.41) is 0. The highest BCUT2D eigenvalue weighted by molar-refractivity contribution is 9.11. The number of halogens is 1. The Bertz CT molecular complexity index is 386. The second-order valence-corrected chi connectivity index (χ2v) is 4.47. The van der Waals surface area contributed by atoms with Crippen LogP contribution >= 0.6 is 15.9 Å². The summed E-state index contributed by atoms with van der Waals surface area (Å²) in [4.78, 5) is 1.69. The smallest absolute Gasteiger partial charge is 0.261 e. The fraction of sp³-hybridized carbons (Fsp3) is 0. The molecule has 0 radical (unpaired) electrons. The molecule has 0 spiro atoms. The summed E-state index contributed by atoms with van der Waals surface area (Å²) < 4.78 is 25.1. The molecule has 0 aliphatic rings. The first-order chi connectivity index (χ1) is 6.17. The third-order valence-corrected chi connectivity index (χ3v) is 2.94. The molecule has 70 valence electrons. The van der Waals surface area contributed by atoms with Crippen LogP contribution in [0.4, 0.5) is 0 Å². The minimum Gasteiger partial charge on any atom is -0.286 e. The highest BCUT2D eigenvalue weighted by atomic mass is 79.9. The first kappa shape index (κ1) is 10.3. The molecule has 3 nitrogen and oxygen atoms in total. The van der Waals surface area contributed by atoms with Crippen molar-refractivity contribution in [2.75, 3.05) is 0 Å². The van der Waals surface area contributed by atoms with Gasteiger partial charge in [0.05, 0.1) is 4.90 Å². The minimum absolute atomic E-state index is 0.251. The second-order valence-electron chi connectivity index (χ2n) is 2.23. The van der Waals surface area contributed by atoms with Gasteiger partial charge in [0, 0.05) is 6.20 Å². The molecule has 0 saturated heterocycles. The zero-order chi connectivity index (χ0) is 9.73. The second kappa shape index (κ2) is 4.43. The van der Waals surface area contributed by atoms with Crippen LogP contribution in [0.3, 0.4) is 0 Å². The summed E-state index contributed by atoms with van der Waals surface area (Å²) in [6, 6.07) is 8.17. The molecule has 0 amide bonds. The van der Waals surface area contributed by atoms with Gasteiger partial charge in [-0.3, -0.25) is 4.72 Å². The number of sulfonamides is 1. The summed E-state index contributed by atoms with van der Waals surface area (Å²) >= 11 is 2.97. The summed E-state index contributed by atoms with van der Waals surface area (Å²) in [6.45, 7) is 0. The third kappa shape index (κ3) is 2.86. The summed E-state index contributed by atoms with van der Waals surface area (Å²) in [5.41, 5.74) is 0. The van der Waals surface area contributed by atoms with Crippen molar-refractivity contribution in [1.29, 1.82) is 0 Å². The monoisotopic (exact) mass is 261 g/mol. The normalized spacial score (nSPS) is 11.8. The van der Waals surface area contributed by atoms with E-state index in [-0.39, 0.29) is 4.90 Å². The van der Waals surface area contributed by atoms with E-state index in [9.17, 15) is 8.42 Å². The maximum absolute atomic E-state index is 11.4. The maximum Gasteiger partial charge on any atom is 0.261 e. The number of hydrogen-bond acceptors (Lipinski definition) is 2. The molecule has 0 unspecified atom stereocenters. The van der Waals surface area contributed by atoms with Gasteiger partial charge in [-0.15, -0.1) is 0 Å². The molecule has 0 aliphatic carbocycles. The Balaban J connectivity index is 2.95. The predicted molar refractivity (Wildman–Crippen MR) is 54.8 cm³/mol. The third-order valence-electron chi connectivity index (χ3n) is 1.34. The van der Waals surface area contributed by atoms with Crippen molar-refractivity contribution < 1.29 is 8.42 Å². The van der Waals surface area contributed by atoms with Crippen LogP contribution in [0.5, 0.6) is 0 Å². The molecule has 0 aromatic heterocycles. The lowest BCUT2D eigenvalue weighted by Gasteiger charge is -2.01. The van der Waals surface area contributed by atoms with Gasteiger partial charge < -0.3 is 0 Å². The lowest BCUT2D eigenvalue weighted by molar-refractivity contribution is 0.590. The van der Waals surface area contributed by atoms with E-state index in [4.69, 9.17) is 0 Å². The molecule has 1 N–H and O–H groups in total. The molecule has 0 aliphatic heterocycles. The van der Waals surface area contributed by atoms with Crippen LogP contribution in [-0.4, -0.2) is 8.42 Å². The van der Waals surface area contributed by atoms with Gasteiger partial charge in [0.15, 0.2) is 0 Å². The number of benzene rings is 1. The van der Waals surface area contributed by atoms with E-state index in [1.54, 1.807) is 18.2 Å². The Hall–Kier alpha value is -0.810. The van der Waals surface area contributed by atoms with Crippen molar-refractivity contribution in [3.05, 3.63) is 41.5 Å². The average molecular weight is 262 g/mol. The summed E-state index contributed by atoms with van der Waals surface area (Å²) in [7, 11) is -3.39. The van der Waals surface area contributed by atoms with Crippen molar-refractivity contribution in [2.24, 2.45) is 0 Å². The van der Waals surface area contributed by atoms with Gasteiger partial charge >= 0.3 is 0 Å². The maximum atomic E-state index is 11.4.